The van der Waals surface area contributed by atoms with E-state index in [0.29, 0.717) is 19.3 Å². The summed E-state index contributed by atoms with van der Waals surface area (Å²) in [6.45, 7) is 6.47. The Balaban J connectivity index is 4.26. The SMILES string of the molecule is CC/C=C\C/C=C\C/C=C\C/C=C\CCCCC(=O)OC(COC(=O)CCCCCCC/C=C\CCCC)COC(=O)CCCCCCCCCCCCCCCCCCCCCCCCCC. The first-order valence-corrected chi connectivity index (χ1v) is 29.3. The van der Waals surface area contributed by atoms with E-state index >= 15 is 0 Å². The summed E-state index contributed by atoms with van der Waals surface area (Å²) in [6, 6.07) is 0. The van der Waals surface area contributed by atoms with Crippen LogP contribution in [0.25, 0.3) is 0 Å². The predicted molar refractivity (Wildman–Crippen MR) is 293 cm³/mol. The summed E-state index contributed by atoms with van der Waals surface area (Å²) in [4.78, 5) is 38.1. The van der Waals surface area contributed by atoms with Crippen LogP contribution in [-0.2, 0) is 28.6 Å². The van der Waals surface area contributed by atoms with Gasteiger partial charge in [-0.25, -0.2) is 0 Å². The van der Waals surface area contributed by atoms with Gasteiger partial charge < -0.3 is 14.2 Å². The van der Waals surface area contributed by atoms with E-state index in [1.807, 2.05) is 0 Å². The molecule has 1 unspecified atom stereocenters. The van der Waals surface area contributed by atoms with Crippen molar-refractivity contribution >= 4 is 17.9 Å². The Hall–Kier alpha value is -2.89. The molecule has 0 rings (SSSR count). The number of carbonyl (C=O) groups is 3. The molecule has 0 aliphatic rings. The highest BCUT2D eigenvalue weighted by atomic mass is 16.6. The first-order chi connectivity index (χ1) is 33.5. The minimum atomic E-state index is -0.797. The Kier molecular flexibility index (Phi) is 54.3. The highest BCUT2D eigenvalue weighted by molar-refractivity contribution is 5.71. The van der Waals surface area contributed by atoms with Gasteiger partial charge in [0.1, 0.15) is 13.2 Å². The van der Waals surface area contributed by atoms with Crippen LogP contribution >= 0.6 is 0 Å². The third-order valence-corrected chi connectivity index (χ3v) is 12.8. The fourth-order valence-corrected chi connectivity index (χ4v) is 8.36. The highest BCUT2D eigenvalue weighted by Gasteiger charge is 2.19. The number of ether oxygens (including phenoxy) is 3. The van der Waals surface area contributed by atoms with E-state index in [2.05, 4.69) is 81.5 Å². The van der Waals surface area contributed by atoms with Crippen molar-refractivity contribution in [2.45, 2.75) is 303 Å². The molecule has 0 aromatic heterocycles. The van der Waals surface area contributed by atoms with Crippen LogP contribution in [0, 0.1) is 0 Å². The smallest absolute Gasteiger partial charge is 0.306 e. The average molecular weight is 952 g/mol. The lowest BCUT2D eigenvalue weighted by Crippen LogP contribution is -2.30. The minimum absolute atomic E-state index is 0.0912. The summed E-state index contributed by atoms with van der Waals surface area (Å²) in [7, 11) is 0. The normalized spacial score (nSPS) is 12.5. The molecule has 6 heteroatoms. The van der Waals surface area contributed by atoms with Crippen molar-refractivity contribution in [2.24, 2.45) is 0 Å². The molecular formula is C62H110O6. The molecule has 1 atom stereocenters. The van der Waals surface area contributed by atoms with E-state index in [1.165, 1.54) is 167 Å². The fourth-order valence-electron chi connectivity index (χ4n) is 8.36. The maximum Gasteiger partial charge on any atom is 0.306 e. The first-order valence-electron chi connectivity index (χ1n) is 29.3. The maximum absolute atomic E-state index is 12.8. The Labute approximate surface area is 421 Å². The molecule has 0 aromatic rings. The molecule has 0 amide bonds. The van der Waals surface area contributed by atoms with Crippen LogP contribution < -0.4 is 0 Å². The van der Waals surface area contributed by atoms with Gasteiger partial charge in [0.2, 0.25) is 0 Å². The molecule has 0 spiro atoms. The van der Waals surface area contributed by atoms with Crippen molar-refractivity contribution in [3.8, 4) is 0 Å². The zero-order valence-electron chi connectivity index (χ0n) is 45.1. The average Bonchev–Trinajstić information content (AvgIpc) is 3.34. The predicted octanol–water partition coefficient (Wildman–Crippen LogP) is 19.6. The van der Waals surface area contributed by atoms with Crippen LogP contribution in [0.15, 0.2) is 60.8 Å². The lowest BCUT2D eigenvalue weighted by Gasteiger charge is -2.18. The van der Waals surface area contributed by atoms with Crippen LogP contribution in [0.3, 0.4) is 0 Å². The molecule has 6 nitrogen and oxygen atoms in total. The van der Waals surface area contributed by atoms with Crippen molar-refractivity contribution in [1.82, 2.24) is 0 Å². The van der Waals surface area contributed by atoms with Crippen LogP contribution in [-0.4, -0.2) is 37.2 Å². The molecule has 394 valence electrons. The van der Waals surface area contributed by atoms with E-state index in [9.17, 15) is 14.4 Å². The lowest BCUT2D eigenvalue weighted by atomic mass is 10.0. The largest absolute Gasteiger partial charge is 0.462 e. The summed E-state index contributed by atoms with van der Waals surface area (Å²) in [6.07, 6.45) is 70.9. The number of esters is 3. The van der Waals surface area contributed by atoms with Gasteiger partial charge in [-0.3, -0.25) is 14.4 Å². The highest BCUT2D eigenvalue weighted by Crippen LogP contribution is 2.17. The standard InChI is InChI=1S/C62H110O6/c1-4-7-10-13-16-19-22-24-26-27-28-29-30-31-32-33-34-36-37-40-43-46-49-52-55-61(64)67-58-59(57-66-60(63)54-51-48-45-42-39-21-18-15-12-9-6-3)68-62(65)56-53-50-47-44-41-38-35-25-23-20-17-14-11-8-5-2/h8,11,15,17-18,20,25,35,41,44,59H,4-7,9-10,12-14,16,19,21-24,26-34,36-40,42-43,45-58H2,1-3H3/b11-8-,18-15-,20-17-,35-25-,44-41-. The Morgan fingerprint density at radius 2 is 0.588 bits per heavy atom. The van der Waals surface area contributed by atoms with E-state index in [0.717, 1.165) is 83.5 Å². The van der Waals surface area contributed by atoms with Crippen molar-refractivity contribution in [2.75, 3.05) is 13.2 Å². The van der Waals surface area contributed by atoms with Crippen molar-refractivity contribution in [3.63, 3.8) is 0 Å². The number of allylic oxidation sites excluding steroid dienone is 10. The number of hydrogen-bond acceptors (Lipinski definition) is 6. The first kappa shape index (κ1) is 65.1. The molecule has 68 heavy (non-hydrogen) atoms. The zero-order valence-corrected chi connectivity index (χ0v) is 45.1. The van der Waals surface area contributed by atoms with Crippen molar-refractivity contribution in [3.05, 3.63) is 60.8 Å². The maximum atomic E-state index is 12.8. The van der Waals surface area contributed by atoms with E-state index in [4.69, 9.17) is 14.2 Å². The summed E-state index contributed by atoms with van der Waals surface area (Å²) in [5.41, 5.74) is 0. The van der Waals surface area contributed by atoms with Crippen LogP contribution in [0.1, 0.15) is 297 Å². The zero-order chi connectivity index (χ0) is 49.3. The van der Waals surface area contributed by atoms with Gasteiger partial charge in [-0.2, -0.15) is 0 Å². The van der Waals surface area contributed by atoms with Gasteiger partial charge >= 0.3 is 17.9 Å². The van der Waals surface area contributed by atoms with E-state index in [1.54, 1.807) is 0 Å². The lowest BCUT2D eigenvalue weighted by molar-refractivity contribution is -0.167. The molecular weight excluding hydrogens is 841 g/mol. The molecule has 0 radical (unpaired) electrons. The number of carbonyl (C=O) groups excluding carboxylic acids is 3. The van der Waals surface area contributed by atoms with Gasteiger partial charge in [0.15, 0.2) is 6.10 Å². The second-order valence-electron chi connectivity index (χ2n) is 19.5. The number of hydrogen-bond donors (Lipinski definition) is 0. The topological polar surface area (TPSA) is 78.9 Å². The second kappa shape index (κ2) is 56.7. The molecule has 0 heterocycles. The van der Waals surface area contributed by atoms with Crippen LogP contribution in [0.2, 0.25) is 0 Å². The summed E-state index contributed by atoms with van der Waals surface area (Å²) in [5, 5.41) is 0. The van der Waals surface area contributed by atoms with Crippen LogP contribution in [0.5, 0.6) is 0 Å². The monoisotopic (exact) mass is 951 g/mol. The van der Waals surface area contributed by atoms with E-state index in [-0.39, 0.29) is 37.5 Å². The van der Waals surface area contributed by atoms with Gasteiger partial charge in [0.05, 0.1) is 0 Å². The third kappa shape index (κ3) is 54.1. The fraction of sp³-hybridized carbons (Fsp3) is 0.790. The Morgan fingerprint density at radius 3 is 0.985 bits per heavy atom. The van der Waals surface area contributed by atoms with Gasteiger partial charge in [-0.05, 0) is 77.0 Å². The molecule has 0 fully saturated rings. The van der Waals surface area contributed by atoms with Crippen LogP contribution in [0.4, 0.5) is 0 Å². The van der Waals surface area contributed by atoms with Gasteiger partial charge in [0.25, 0.3) is 0 Å². The summed E-state index contributed by atoms with van der Waals surface area (Å²) in [5.74, 6) is -0.933. The molecule has 0 aromatic carbocycles. The third-order valence-electron chi connectivity index (χ3n) is 12.8. The summed E-state index contributed by atoms with van der Waals surface area (Å²) < 4.78 is 16.8. The molecule has 0 bridgehead atoms. The number of rotatable bonds is 53. The van der Waals surface area contributed by atoms with Gasteiger partial charge in [-0.15, -0.1) is 0 Å². The Bertz CT molecular complexity index is 1230. The second-order valence-corrected chi connectivity index (χ2v) is 19.5. The number of unbranched alkanes of at least 4 members (excludes halogenated alkanes) is 32. The van der Waals surface area contributed by atoms with Gasteiger partial charge in [-0.1, -0.05) is 261 Å². The molecule has 0 saturated heterocycles. The quantitative estimate of drug-likeness (QED) is 0.0262. The summed E-state index contributed by atoms with van der Waals surface area (Å²) >= 11 is 0. The Morgan fingerprint density at radius 1 is 0.309 bits per heavy atom. The van der Waals surface area contributed by atoms with Crippen molar-refractivity contribution in [1.29, 1.82) is 0 Å². The van der Waals surface area contributed by atoms with Gasteiger partial charge in [0, 0.05) is 19.3 Å². The van der Waals surface area contributed by atoms with E-state index < -0.39 is 6.10 Å². The molecule has 0 saturated carbocycles. The molecule has 0 N–H and O–H groups in total. The molecule has 0 aliphatic heterocycles. The minimum Gasteiger partial charge on any atom is -0.462 e. The molecule has 0 aliphatic carbocycles. The van der Waals surface area contributed by atoms with Crippen molar-refractivity contribution < 1.29 is 28.6 Å².